The third-order valence-corrected chi connectivity index (χ3v) is 4.51. The lowest BCUT2D eigenvalue weighted by Crippen LogP contribution is -1.95. The van der Waals surface area contributed by atoms with E-state index < -0.39 is 0 Å². The van der Waals surface area contributed by atoms with Gasteiger partial charge in [-0.2, -0.15) is 0 Å². The van der Waals surface area contributed by atoms with Crippen molar-refractivity contribution < 1.29 is 18.3 Å². The molecule has 28 heavy (non-hydrogen) atoms. The van der Waals surface area contributed by atoms with Crippen molar-refractivity contribution in [3.8, 4) is 23.0 Å². The van der Waals surface area contributed by atoms with Gasteiger partial charge in [-0.25, -0.2) is 0 Å². The summed E-state index contributed by atoms with van der Waals surface area (Å²) in [6.45, 7) is 0.185. The largest absolute Gasteiger partial charge is 0.497 e. The summed E-state index contributed by atoms with van der Waals surface area (Å²) in [6.07, 6.45) is 0. The summed E-state index contributed by atoms with van der Waals surface area (Å²) in [4.78, 5) is 0. The molecule has 0 N–H and O–H groups in total. The molecule has 0 fully saturated rings. The number of rotatable bonds is 5. The molecule has 0 unspecified atom stereocenters. The number of benzene rings is 3. The van der Waals surface area contributed by atoms with Crippen LogP contribution in [-0.4, -0.2) is 17.3 Å². The number of ether oxygens (including phenoxy) is 2. The summed E-state index contributed by atoms with van der Waals surface area (Å²) in [6, 6.07) is 21.1. The van der Waals surface area contributed by atoms with Crippen molar-refractivity contribution in [3.05, 3.63) is 72.6 Å². The zero-order valence-corrected chi connectivity index (χ0v) is 15.1. The van der Waals surface area contributed by atoms with Crippen molar-refractivity contribution in [2.45, 2.75) is 6.61 Å². The Labute approximate surface area is 160 Å². The molecule has 0 saturated carbocycles. The van der Waals surface area contributed by atoms with Crippen molar-refractivity contribution in [3.63, 3.8) is 0 Å². The van der Waals surface area contributed by atoms with Crippen LogP contribution in [0.3, 0.4) is 0 Å². The Bertz CT molecular complexity index is 1250. The van der Waals surface area contributed by atoms with Gasteiger partial charge in [0.25, 0.3) is 5.89 Å². The Balaban J connectivity index is 1.34. The van der Waals surface area contributed by atoms with Crippen LogP contribution >= 0.6 is 0 Å². The number of hydrogen-bond donors (Lipinski definition) is 0. The number of hydrogen-bond acceptors (Lipinski definition) is 6. The maximum atomic E-state index is 5.85. The Morgan fingerprint density at radius 3 is 2.43 bits per heavy atom. The molecule has 5 rings (SSSR count). The predicted octanol–water partition coefficient (Wildman–Crippen LogP) is 5.22. The van der Waals surface area contributed by atoms with E-state index in [4.69, 9.17) is 18.3 Å². The molecule has 0 bridgehead atoms. The molecule has 0 aliphatic heterocycles. The molecule has 3 aromatic carbocycles. The molecule has 6 nitrogen and oxygen atoms in total. The zero-order valence-electron chi connectivity index (χ0n) is 15.1. The number of aromatic nitrogens is 2. The highest BCUT2D eigenvalue weighted by atomic mass is 16.5. The topological polar surface area (TPSA) is 70.5 Å². The monoisotopic (exact) mass is 372 g/mol. The highest BCUT2D eigenvalue weighted by Crippen LogP contribution is 2.31. The second kappa shape index (κ2) is 6.74. The highest BCUT2D eigenvalue weighted by Gasteiger charge is 2.11. The average Bonchev–Trinajstić information content (AvgIpc) is 3.37. The first-order valence-electron chi connectivity index (χ1n) is 8.81. The van der Waals surface area contributed by atoms with Crippen LogP contribution in [0.1, 0.15) is 5.89 Å². The van der Waals surface area contributed by atoms with Crippen molar-refractivity contribution in [1.29, 1.82) is 0 Å². The summed E-state index contributed by atoms with van der Waals surface area (Å²) in [5.74, 6) is 2.33. The van der Waals surface area contributed by atoms with Crippen LogP contribution in [0, 0.1) is 0 Å². The van der Waals surface area contributed by atoms with E-state index >= 15 is 0 Å². The van der Waals surface area contributed by atoms with Crippen molar-refractivity contribution in [2.75, 3.05) is 7.11 Å². The number of methoxy groups -OCH3 is 1. The first-order valence-corrected chi connectivity index (χ1v) is 8.81. The van der Waals surface area contributed by atoms with Gasteiger partial charge in [-0.1, -0.05) is 18.2 Å². The first kappa shape index (κ1) is 16.4. The summed E-state index contributed by atoms with van der Waals surface area (Å²) >= 11 is 0. The number of furan rings is 1. The highest BCUT2D eigenvalue weighted by molar-refractivity contribution is 6.05. The van der Waals surface area contributed by atoms with E-state index in [1.165, 1.54) is 0 Å². The van der Waals surface area contributed by atoms with E-state index in [9.17, 15) is 0 Å². The molecule has 0 aliphatic carbocycles. The van der Waals surface area contributed by atoms with Gasteiger partial charge in [0, 0.05) is 16.3 Å². The van der Waals surface area contributed by atoms with Crippen molar-refractivity contribution in [1.82, 2.24) is 10.2 Å². The van der Waals surface area contributed by atoms with Gasteiger partial charge in [0.1, 0.15) is 22.7 Å². The molecule has 2 heterocycles. The molecular weight excluding hydrogens is 356 g/mol. The minimum Gasteiger partial charge on any atom is -0.497 e. The van der Waals surface area contributed by atoms with E-state index in [1.54, 1.807) is 7.11 Å². The smallest absolute Gasteiger partial charge is 0.254 e. The van der Waals surface area contributed by atoms with E-state index in [2.05, 4.69) is 10.2 Å². The van der Waals surface area contributed by atoms with Gasteiger partial charge < -0.3 is 18.3 Å². The molecule has 5 aromatic rings. The maximum absolute atomic E-state index is 5.85. The van der Waals surface area contributed by atoms with Crippen LogP contribution in [0.25, 0.3) is 33.4 Å². The van der Waals surface area contributed by atoms with Crippen LogP contribution in [0.2, 0.25) is 0 Å². The van der Waals surface area contributed by atoms with Gasteiger partial charge in [0.05, 0.1) is 7.11 Å². The summed E-state index contributed by atoms with van der Waals surface area (Å²) in [5.41, 5.74) is 2.51. The predicted molar refractivity (Wildman–Crippen MR) is 104 cm³/mol. The standard InChI is InChI=1S/C22H16N2O4/c1-25-15-8-6-14(7-9-15)22-24-23-21(28-22)13-26-16-10-11-20-18(12-16)17-4-2-3-5-19(17)27-20/h2-12H,13H2,1H3. The minimum atomic E-state index is 0.185. The maximum Gasteiger partial charge on any atom is 0.254 e. The molecule has 138 valence electrons. The minimum absolute atomic E-state index is 0.185. The second-order valence-corrected chi connectivity index (χ2v) is 6.27. The van der Waals surface area contributed by atoms with Gasteiger partial charge in [0.2, 0.25) is 5.89 Å². The van der Waals surface area contributed by atoms with Gasteiger partial charge in [-0.05, 0) is 48.5 Å². The molecule has 0 saturated heterocycles. The van der Waals surface area contributed by atoms with Crippen LogP contribution in [-0.2, 0) is 6.61 Å². The first-order chi connectivity index (χ1) is 13.8. The average molecular weight is 372 g/mol. The molecule has 2 aromatic heterocycles. The molecule has 0 amide bonds. The third kappa shape index (κ3) is 2.95. The van der Waals surface area contributed by atoms with E-state index in [0.29, 0.717) is 17.5 Å². The molecule has 0 aliphatic rings. The SMILES string of the molecule is COc1ccc(-c2nnc(COc3ccc4oc5ccccc5c4c3)o2)cc1. The Kier molecular flexibility index (Phi) is 3.94. The zero-order chi connectivity index (χ0) is 18.9. The van der Waals surface area contributed by atoms with Gasteiger partial charge >= 0.3 is 0 Å². The van der Waals surface area contributed by atoms with Crippen LogP contribution in [0.15, 0.2) is 75.6 Å². The number of para-hydroxylation sites is 1. The molecule has 0 spiro atoms. The Hall–Kier alpha value is -3.80. The summed E-state index contributed by atoms with van der Waals surface area (Å²) < 4.78 is 22.5. The fourth-order valence-electron chi connectivity index (χ4n) is 3.10. The molecule has 0 atom stereocenters. The molecule has 0 radical (unpaired) electrons. The fraction of sp³-hybridized carbons (Fsp3) is 0.0909. The number of fused-ring (bicyclic) bond motifs is 3. The lowest BCUT2D eigenvalue weighted by Gasteiger charge is -2.03. The van der Waals surface area contributed by atoms with Gasteiger partial charge in [-0.3, -0.25) is 0 Å². The van der Waals surface area contributed by atoms with E-state index in [1.807, 2.05) is 66.7 Å². The lowest BCUT2D eigenvalue weighted by molar-refractivity contribution is 0.265. The fourth-order valence-corrected chi connectivity index (χ4v) is 3.10. The van der Waals surface area contributed by atoms with Crippen LogP contribution in [0.5, 0.6) is 11.5 Å². The molecule has 6 heteroatoms. The second-order valence-electron chi connectivity index (χ2n) is 6.27. The van der Waals surface area contributed by atoms with Gasteiger partial charge in [0.15, 0.2) is 6.61 Å². The normalized spacial score (nSPS) is 11.2. The quantitative estimate of drug-likeness (QED) is 0.421. The number of nitrogens with zero attached hydrogens (tertiary/aromatic N) is 2. The van der Waals surface area contributed by atoms with Gasteiger partial charge in [-0.15, -0.1) is 10.2 Å². The van der Waals surface area contributed by atoms with Crippen LogP contribution in [0.4, 0.5) is 0 Å². The lowest BCUT2D eigenvalue weighted by atomic mass is 10.1. The summed E-state index contributed by atoms with van der Waals surface area (Å²) in [5, 5.41) is 10.2. The molecular formula is C22H16N2O4. The summed E-state index contributed by atoms with van der Waals surface area (Å²) in [7, 11) is 1.63. The third-order valence-electron chi connectivity index (χ3n) is 4.51. The van der Waals surface area contributed by atoms with Crippen LogP contribution < -0.4 is 9.47 Å². The van der Waals surface area contributed by atoms with Crippen molar-refractivity contribution >= 4 is 21.9 Å². The van der Waals surface area contributed by atoms with E-state index in [0.717, 1.165) is 33.3 Å². The Morgan fingerprint density at radius 1 is 0.786 bits per heavy atom. The van der Waals surface area contributed by atoms with Crippen molar-refractivity contribution in [2.24, 2.45) is 0 Å². The van der Waals surface area contributed by atoms with E-state index in [-0.39, 0.29) is 6.61 Å². The Morgan fingerprint density at radius 2 is 1.57 bits per heavy atom.